The maximum atomic E-state index is 12.5. The monoisotopic (exact) mass is 318 g/mol. The Morgan fingerprint density at radius 2 is 1.64 bits per heavy atom. The molecule has 2 aromatic carbocycles. The van der Waals surface area contributed by atoms with Gasteiger partial charge in [0.2, 0.25) is 0 Å². The van der Waals surface area contributed by atoms with Gasteiger partial charge in [-0.05, 0) is 55.2 Å². The van der Waals surface area contributed by atoms with Crippen molar-refractivity contribution in [2.45, 2.75) is 25.7 Å². The van der Waals surface area contributed by atoms with Crippen molar-refractivity contribution in [2.75, 3.05) is 4.72 Å². The van der Waals surface area contributed by atoms with Crippen LogP contribution in [0.4, 0.5) is 5.69 Å². The molecule has 0 saturated carbocycles. The van der Waals surface area contributed by atoms with E-state index in [0.717, 1.165) is 5.56 Å². The molecular weight excluding hydrogens is 302 g/mol. The van der Waals surface area contributed by atoms with Gasteiger partial charge in [-0.15, -0.1) is 0 Å². The van der Waals surface area contributed by atoms with E-state index in [0.29, 0.717) is 11.1 Å². The second kappa shape index (κ2) is 5.81. The number of nitrogens with one attached hydrogen (secondary N) is 1. The number of hydrogen-bond acceptors (Lipinski definition) is 4. The average molecular weight is 318 g/mol. The molecule has 0 aliphatic carbocycles. The van der Waals surface area contributed by atoms with E-state index in [4.69, 9.17) is 0 Å². The first kappa shape index (κ1) is 16.0. The zero-order valence-corrected chi connectivity index (χ0v) is 13.3. The number of rotatable bonds is 4. The number of aromatic carboxylic acids is 1. The summed E-state index contributed by atoms with van der Waals surface area (Å²) in [5, 5.41) is 10.9. The summed E-state index contributed by atoms with van der Waals surface area (Å²) in [7, 11) is -3.79. The van der Waals surface area contributed by atoms with Crippen LogP contribution >= 0.6 is 0 Å². The number of carbonyl (C=O) groups excluding carboxylic acids is 1. The number of anilines is 1. The lowest BCUT2D eigenvalue weighted by Crippen LogP contribution is -2.23. The molecule has 0 amide bonds. The molecule has 5 nitrogen and oxygen atoms in total. The van der Waals surface area contributed by atoms with Crippen LogP contribution < -0.4 is 9.83 Å². The van der Waals surface area contributed by atoms with Crippen molar-refractivity contribution in [3.63, 3.8) is 0 Å². The Labute approximate surface area is 129 Å². The highest BCUT2D eigenvalue weighted by Crippen LogP contribution is 2.23. The van der Waals surface area contributed by atoms with Crippen LogP contribution in [0.2, 0.25) is 0 Å². The van der Waals surface area contributed by atoms with Crippen LogP contribution in [0, 0.1) is 20.8 Å². The number of carbonyl (C=O) groups is 1. The maximum Gasteiger partial charge on any atom is 0.262 e. The molecule has 116 valence electrons. The standard InChI is InChI=1S/C16H17NO4S/c1-10-4-5-12(3)15(8-10)22(20,21)17-14-9-13(16(18)19)7-6-11(14)2/h4-9,17H,1-3H3,(H,18,19)/p-1. The Kier molecular flexibility index (Phi) is 4.23. The fourth-order valence-corrected chi connectivity index (χ4v) is 3.51. The van der Waals surface area contributed by atoms with Gasteiger partial charge in [-0.2, -0.15) is 0 Å². The van der Waals surface area contributed by atoms with Crippen LogP contribution in [0.5, 0.6) is 0 Å². The number of benzene rings is 2. The first-order chi connectivity index (χ1) is 10.2. The van der Waals surface area contributed by atoms with Gasteiger partial charge in [0.05, 0.1) is 16.6 Å². The number of aryl methyl sites for hydroxylation is 3. The van der Waals surface area contributed by atoms with Crippen molar-refractivity contribution in [3.8, 4) is 0 Å². The summed E-state index contributed by atoms with van der Waals surface area (Å²) in [6.45, 7) is 5.21. The van der Waals surface area contributed by atoms with Crippen LogP contribution in [0.25, 0.3) is 0 Å². The van der Waals surface area contributed by atoms with E-state index < -0.39 is 16.0 Å². The van der Waals surface area contributed by atoms with Crippen molar-refractivity contribution in [2.24, 2.45) is 0 Å². The third-order valence-electron chi connectivity index (χ3n) is 3.35. The fraction of sp³-hybridized carbons (Fsp3) is 0.188. The first-order valence-electron chi connectivity index (χ1n) is 6.63. The zero-order valence-electron chi connectivity index (χ0n) is 12.5. The van der Waals surface area contributed by atoms with Crippen molar-refractivity contribution in [1.29, 1.82) is 0 Å². The summed E-state index contributed by atoms with van der Waals surface area (Å²) in [6.07, 6.45) is 0. The Bertz CT molecular complexity index is 841. The summed E-state index contributed by atoms with van der Waals surface area (Å²) in [4.78, 5) is 11.1. The molecule has 1 N–H and O–H groups in total. The van der Waals surface area contributed by atoms with E-state index in [9.17, 15) is 18.3 Å². The molecule has 0 aliphatic heterocycles. The lowest BCUT2D eigenvalue weighted by atomic mass is 10.1. The van der Waals surface area contributed by atoms with E-state index in [1.807, 2.05) is 6.07 Å². The van der Waals surface area contributed by atoms with Crippen LogP contribution in [-0.4, -0.2) is 14.4 Å². The van der Waals surface area contributed by atoms with Gasteiger partial charge >= 0.3 is 0 Å². The normalized spacial score (nSPS) is 11.2. The van der Waals surface area contributed by atoms with Crippen molar-refractivity contribution >= 4 is 21.7 Å². The molecule has 0 aromatic heterocycles. The molecular formula is C16H16NO4S-. The van der Waals surface area contributed by atoms with Gasteiger partial charge in [-0.25, -0.2) is 8.42 Å². The van der Waals surface area contributed by atoms with Crippen molar-refractivity contribution in [3.05, 3.63) is 58.7 Å². The smallest absolute Gasteiger partial charge is 0.262 e. The van der Waals surface area contributed by atoms with E-state index in [1.54, 1.807) is 32.9 Å². The molecule has 0 unspecified atom stereocenters. The zero-order chi connectivity index (χ0) is 16.5. The minimum Gasteiger partial charge on any atom is -0.545 e. The molecule has 6 heteroatoms. The highest BCUT2D eigenvalue weighted by molar-refractivity contribution is 7.92. The van der Waals surface area contributed by atoms with Crippen molar-refractivity contribution in [1.82, 2.24) is 0 Å². The Balaban J connectivity index is 2.47. The van der Waals surface area contributed by atoms with Crippen molar-refractivity contribution < 1.29 is 18.3 Å². The van der Waals surface area contributed by atoms with E-state index >= 15 is 0 Å². The Morgan fingerprint density at radius 3 is 2.27 bits per heavy atom. The molecule has 0 fully saturated rings. The van der Waals surface area contributed by atoms with Crippen LogP contribution in [-0.2, 0) is 10.0 Å². The third-order valence-corrected chi connectivity index (χ3v) is 4.86. The summed E-state index contributed by atoms with van der Waals surface area (Å²) >= 11 is 0. The minimum atomic E-state index is -3.79. The molecule has 0 atom stereocenters. The van der Waals surface area contributed by atoms with Gasteiger partial charge in [0, 0.05) is 0 Å². The van der Waals surface area contributed by atoms with Crippen LogP contribution in [0.15, 0.2) is 41.3 Å². The third kappa shape index (κ3) is 3.28. The highest BCUT2D eigenvalue weighted by Gasteiger charge is 2.18. The number of hydrogen-bond donors (Lipinski definition) is 1. The number of sulfonamides is 1. The fourth-order valence-electron chi connectivity index (χ4n) is 2.06. The van der Waals surface area contributed by atoms with Gasteiger partial charge in [0.25, 0.3) is 10.0 Å². The SMILES string of the molecule is Cc1ccc(C)c(S(=O)(=O)Nc2cc(C(=O)[O-])ccc2C)c1. The first-order valence-corrected chi connectivity index (χ1v) is 8.11. The molecule has 0 heterocycles. The highest BCUT2D eigenvalue weighted by atomic mass is 32.2. The predicted molar refractivity (Wildman–Crippen MR) is 82.2 cm³/mol. The predicted octanol–water partition coefficient (Wildman–Crippen LogP) is 1.78. The lowest BCUT2D eigenvalue weighted by Gasteiger charge is -2.14. The largest absolute Gasteiger partial charge is 0.545 e. The van der Waals surface area contributed by atoms with Gasteiger partial charge < -0.3 is 9.90 Å². The maximum absolute atomic E-state index is 12.5. The van der Waals surface area contributed by atoms with E-state index in [1.165, 1.54) is 18.2 Å². The molecule has 0 spiro atoms. The molecule has 2 aromatic rings. The van der Waals surface area contributed by atoms with Gasteiger partial charge in [0.15, 0.2) is 0 Å². The van der Waals surface area contributed by atoms with Gasteiger partial charge in [0.1, 0.15) is 0 Å². The average Bonchev–Trinajstić information content (AvgIpc) is 2.43. The molecule has 22 heavy (non-hydrogen) atoms. The summed E-state index contributed by atoms with van der Waals surface area (Å²) in [5.74, 6) is -1.35. The number of carboxylic acids is 1. The summed E-state index contributed by atoms with van der Waals surface area (Å²) in [6, 6.07) is 9.31. The second-order valence-electron chi connectivity index (χ2n) is 5.19. The van der Waals surface area contributed by atoms with E-state index in [-0.39, 0.29) is 16.1 Å². The minimum absolute atomic E-state index is 0.0794. The molecule has 0 saturated heterocycles. The molecule has 2 rings (SSSR count). The molecule has 0 bridgehead atoms. The van der Waals surface area contributed by atoms with Crippen LogP contribution in [0.1, 0.15) is 27.0 Å². The van der Waals surface area contributed by atoms with E-state index in [2.05, 4.69) is 4.72 Å². The topological polar surface area (TPSA) is 86.3 Å². The second-order valence-corrected chi connectivity index (χ2v) is 6.84. The Morgan fingerprint density at radius 1 is 1.00 bits per heavy atom. The Hall–Kier alpha value is -2.34. The number of carboxylic acid groups (broad SMARTS) is 1. The molecule has 0 radical (unpaired) electrons. The van der Waals surface area contributed by atoms with Crippen LogP contribution in [0.3, 0.4) is 0 Å². The van der Waals surface area contributed by atoms with Gasteiger partial charge in [-0.3, -0.25) is 4.72 Å². The molecule has 0 aliphatic rings. The lowest BCUT2D eigenvalue weighted by molar-refractivity contribution is -0.255. The van der Waals surface area contributed by atoms with Gasteiger partial charge in [-0.1, -0.05) is 24.3 Å². The summed E-state index contributed by atoms with van der Waals surface area (Å²) < 4.78 is 27.5. The summed E-state index contributed by atoms with van der Waals surface area (Å²) in [5.41, 5.74) is 2.21. The quantitative estimate of drug-likeness (QED) is 0.931.